The SMILES string of the molecule is Cc1c(C(=O)O)n(C2CC2)c2ccc(OC(F)(F)F)cc2c1=O. The molecule has 0 spiro atoms. The van der Waals surface area contributed by atoms with Crippen molar-refractivity contribution in [1.29, 1.82) is 0 Å². The van der Waals surface area contributed by atoms with E-state index in [9.17, 15) is 27.9 Å². The number of pyridine rings is 1. The Morgan fingerprint density at radius 3 is 2.52 bits per heavy atom. The third-order valence-electron chi connectivity index (χ3n) is 3.76. The van der Waals surface area contributed by atoms with E-state index >= 15 is 0 Å². The van der Waals surface area contributed by atoms with Crippen LogP contribution in [0.25, 0.3) is 10.9 Å². The van der Waals surface area contributed by atoms with Gasteiger partial charge in [-0.15, -0.1) is 13.2 Å². The molecular formula is C15H12F3NO4. The Kier molecular flexibility index (Phi) is 3.35. The first-order valence-electron chi connectivity index (χ1n) is 6.87. The monoisotopic (exact) mass is 327 g/mol. The highest BCUT2D eigenvalue weighted by Crippen LogP contribution is 2.39. The van der Waals surface area contributed by atoms with E-state index < -0.39 is 23.5 Å². The minimum atomic E-state index is -4.86. The minimum Gasteiger partial charge on any atom is -0.477 e. The summed E-state index contributed by atoms with van der Waals surface area (Å²) in [5.74, 6) is -1.74. The molecule has 23 heavy (non-hydrogen) atoms. The summed E-state index contributed by atoms with van der Waals surface area (Å²) in [6.45, 7) is 1.36. The van der Waals surface area contributed by atoms with E-state index in [2.05, 4.69) is 4.74 Å². The number of aromatic nitrogens is 1. The van der Waals surface area contributed by atoms with E-state index in [-0.39, 0.29) is 22.7 Å². The van der Waals surface area contributed by atoms with Gasteiger partial charge in [0.05, 0.1) is 5.52 Å². The summed E-state index contributed by atoms with van der Waals surface area (Å²) in [6, 6.07) is 3.32. The summed E-state index contributed by atoms with van der Waals surface area (Å²) in [4.78, 5) is 23.8. The van der Waals surface area contributed by atoms with Crippen molar-refractivity contribution in [2.24, 2.45) is 0 Å². The number of hydrogen-bond donors (Lipinski definition) is 1. The Bertz CT molecular complexity index is 866. The quantitative estimate of drug-likeness (QED) is 0.940. The van der Waals surface area contributed by atoms with Gasteiger partial charge < -0.3 is 14.4 Å². The number of halogens is 3. The highest BCUT2D eigenvalue weighted by Gasteiger charge is 2.33. The molecule has 3 rings (SSSR count). The highest BCUT2D eigenvalue weighted by atomic mass is 19.4. The van der Waals surface area contributed by atoms with E-state index in [4.69, 9.17) is 0 Å². The number of benzene rings is 1. The Morgan fingerprint density at radius 1 is 1.35 bits per heavy atom. The van der Waals surface area contributed by atoms with Crippen LogP contribution in [0.3, 0.4) is 0 Å². The molecule has 1 aliphatic carbocycles. The normalized spacial score (nSPS) is 15.0. The fraction of sp³-hybridized carbons (Fsp3) is 0.333. The van der Waals surface area contributed by atoms with Gasteiger partial charge in [-0.3, -0.25) is 4.79 Å². The van der Waals surface area contributed by atoms with Crippen molar-refractivity contribution in [3.63, 3.8) is 0 Å². The van der Waals surface area contributed by atoms with Crippen LogP contribution < -0.4 is 10.2 Å². The molecule has 1 saturated carbocycles. The lowest BCUT2D eigenvalue weighted by Gasteiger charge is -2.17. The predicted molar refractivity (Wildman–Crippen MR) is 74.9 cm³/mol. The first kappa shape index (κ1) is 15.4. The van der Waals surface area contributed by atoms with Crippen LogP contribution in [-0.4, -0.2) is 22.0 Å². The molecule has 1 N–H and O–H groups in total. The van der Waals surface area contributed by atoms with Gasteiger partial charge in [-0.05, 0) is 38.0 Å². The maximum atomic E-state index is 12.4. The van der Waals surface area contributed by atoms with Crippen molar-refractivity contribution in [3.05, 3.63) is 39.7 Å². The predicted octanol–water partition coefficient (Wildman–Crippen LogP) is 3.24. The Morgan fingerprint density at radius 2 is 2.00 bits per heavy atom. The van der Waals surface area contributed by atoms with Gasteiger partial charge >= 0.3 is 12.3 Å². The molecule has 1 aromatic carbocycles. The van der Waals surface area contributed by atoms with Crippen molar-refractivity contribution in [1.82, 2.24) is 4.57 Å². The zero-order valence-corrected chi connectivity index (χ0v) is 12.0. The molecule has 8 heteroatoms. The van der Waals surface area contributed by atoms with E-state index in [1.807, 2.05) is 0 Å². The van der Waals surface area contributed by atoms with E-state index in [1.165, 1.54) is 17.6 Å². The van der Waals surface area contributed by atoms with Crippen LogP contribution in [0.1, 0.15) is 34.9 Å². The van der Waals surface area contributed by atoms with Gasteiger partial charge in [0.15, 0.2) is 5.43 Å². The molecule has 0 amide bonds. The summed E-state index contributed by atoms with van der Waals surface area (Å²) in [6.07, 6.45) is -3.34. The molecule has 122 valence electrons. The second-order valence-corrected chi connectivity index (χ2v) is 5.44. The smallest absolute Gasteiger partial charge is 0.477 e. The Hall–Kier alpha value is -2.51. The first-order chi connectivity index (χ1) is 10.7. The standard InChI is InChI=1S/C15H12F3NO4/c1-7-12(14(21)22)19(8-2-3-8)11-5-4-9(23-15(16,17)18)6-10(11)13(7)20/h4-6,8H,2-3H2,1H3,(H,21,22). The lowest BCUT2D eigenvalue weighted by molar-refractivity contribution is -0.274. The van der Waals surface area contributed by atoms with E-state index in [1.54, 1.807) is 0 Å². The number of carbonyl (C=O) groups is 1. The van der Waals surface area contributed by atoms with Gasteiger partial charge in [0.25, 0.3) is 0 Å². The van der Waals surface area contributed by atoms with Crippen LogP contribution in [0.15, 0.2) is 23.0 Å². The molecule has 0 bridgehead atoms. The zero-order chi connectivity index (χ0) is 16.9. The number of carboxylic acids is 1. The molecule has 1 heterocycles. The number of alkyl halides is 3. The number of ether oxygens (including phenoxy) is 1. The summed E-state index contributed by atoms with van der Waals surface area (Å²) >= 11 is 0. The number of rotatable bonds is 3. The molecule has 5 nitrogen and oxygen atoms in total. The number of carboxylic acid groups (broad SMARTS) is 1. The third kappa shape index (κ3) is 2.76. The van der Waals surface area contributed by atoms with Crippen LogP contribution in [0, 0.1) is 6.92 Å². The van der Waals surface area contributed by atoms with Gasteiger partial charge in [-0.1, -0.05) is 0 Å². The fourth-order valence-electron chi connectivity index (χ4n) is 2.69. The van der Waals surface area contributed by atoms with Gasteiger partial charge in [0.1, 0.15) is 11.4 Å². The third-order valence-corrected chi connectivity index (χ3v) is 3.76. The van der Waals surface area contributed by atoms with E-state index in [0.29, 0.717) is 5.52 Å². The number of nitrogens with zero attached hydrogens (tertiary/aromatic N) is 1. The molecule has 1 fully saturated rings. The summed E-state index contributed by atoms with van der Waals surface area (Å²) < 4.78 is 42.3. The second kappa shape index (κ2) is 5.00. The lowest BCUT2D eigenvalue weighted by Crippen LogP contribution is -2.22. The second-order valence-electron chi connectivity index (χ2n) is 5.44. The maximum Gasteiger partial charge on any atom is 0.573 e. The van der Waals surface area contributed by atoms with Crippen LogP contribution in [0.2, 0.25) is 0 Å². The summed E-state index contributed by atoms with van der Waals surface area (Å²) in [5.41, 5.74) is -0.424. The molecule has 1 aromatic heterocycles. The van der Waals surface area contributed by atoms with Gasteiger partial charge in [0.2, 0.25) is 0 Å². The average Bonchev–Trinajstić information content (AvgIpc) is 3.25. The number of fused-ring (bicyclic) bond motifs is 1. The highest BCUT2D eigenvalue weighted by molar-refractivity contribution is 5.93. The fourth-order valence-corrected chi connectivity index (χ4v) is 2.69. The lowest BCUT2D eigenvalue weighted by atomic mass is 10.1. The zero-order valence-electron chi connectivity index (χ0n) is 12.0. The van der Waals surface area contributed by atoms with Crippen molar-refractivity contribution in [3.8, 4) is 5.75 Å². The molecule has 2 aromatic rings. The average molecular weight is 327 g/mol. The molecule has 1 aliphatic rings. The van der Waals surface area contributed by atoms with Crippen molar-refractivity contribution in [2.75, 3.05) is 0 Å². The van der Waals surface area contributed by atoms with Gasteiger partial charge in [-0.2, -0.15) is 0 Å². The van der Waals surface area contributed by atoms with Crippen LogP contribution >= 0.6 is 0 Å². The van der Waals surface area contributed by atoms with Crippen LogP contribution in [-0.2, 0) is 0 Å². The summed E-state index contributed by atoms with van der Waals surface area (Å²) in [7, 11) is 0. The maximum absolute atomic E-state index is 12.4. The van der Waals surface area contributed by atoms with Crippen LogP contribution in [0.5, 0.6) is 5.75 Å². The molecule has 0 atom stereocenters. The number of aromatic carboxylic acids is 1. The number of hydrogen-bond acceptors (Lipinski definition) is 3. The van der Waals surface area contributed by atoms with Crippen molar-refractivity contribution < 1.29 is 27.8 Å². The Balaban J connectivity index is 2.30. The topological polar surface area (TPSA) is 68.5 Å². The van der Waals surface area contributed by atoms with Crippen molar-refractivity contribution in [2.45, 2.75) is 32.2 Å². The largest absolute Gasteiger partial charge is 0.573 e. The van der Waals surface area contributed by atoms with Crippen molar-refractivity contribution >= 4 is 16.9 Å². The van der Waals surface area contributed by atoms with Gasteiger partial charge in [-0.25, -0.2) is 4.79 Å². The summed E-state index contributed by atoms with van der Waals surface area (Å²) in [5, 5.41) is 9.40. The molecule has 0 saturated heterocycles. The van der Waals surface area contributed by atoms with Crippen LogP contribution in [0.4, 0.5) is 13.2 Å². The molecule has 0 radical (unpaired) electrons. The first-order valence-corrected chi connectivity index (χ1v) is 6.87. The molecule has 0 unspecified atom stereocenters. The minimum absolute atomic E-state index is 0.000980. The Labute approximate surface area is 127 Å². The molecule has 0 aliphatic heterocycles. The molecular weight excluding hydrogens is 315 g/mol. The van der Waals surface area contributed by atoms with Gasteiger partial charge in [0, 0.05) is 17.0 Å². The van der Waals surface area contributed by atoms with E-state index in [0.717, 1.165) is 25.0 Å².